The molecular formula is C17H21BrN4O. The lowest BCUT2D eigenvalue weighted by Gasteiger charge is -2.16. The zero-order valence-corrected chi connectivity index (χ0v) is 15.2. The van der Waals surface area contributed by atoms with E-state index in [1.54, 1.807) is 24.2 Å². The smallest absolute Gasteiger partial charge is 0.272 e. The summed E-state index contributed by atoms with van der Waals surface area (Å²) in [5.74, 6) is 0.335. The minimum absolute atomic E-state index is 0.0866. The van der Waals surface area contributed by atoms with Crippen LogP contribution >= 0.6 is 15.9 Å². The zero-order valence-electron chi connectivity index (χ0n) is 13.6. The number of rotatable bonds is 6. The van der Waals surface area contributed by atoms with E-state index in [1.165, 1.54) is 0 Å². The van der Waals surface area contributed by atoms with Gasteiger partial charge in [-0.2, -0.15) is 0 Å². The normalized spacial score (nSPS) is 10.4. The molecule has 0 bridgehead atoms. The molecule has 1 aromatic heterocycles. The van der Waals surface area contributed by atoms with Crippen LogP contribution < -0.4 is 5.32 Å². The van der Waals surface area contributed by atoms with Crippen LogP contribution in [0.15, 0.2) is 34.9 Å². The maximum absolute atomic E-state index is 12.4. The first kappa shape index (κ1) is 17.4. The van der Waals surface area contributed by atoms with E-state index >= 15 is 0 Å². The summed E-state index contributed by atoms with van der Waals surface area (Å²) in [6.45, 7) is 4.83. The molecule has 5 nitrogen and oxygen atoms in total. The van der Waals surface area contributed by atoms with Crippen molar-refractivity contribution in [2.45, 2.75) is 26.7 Å². The van der Waals surface area contributed by atoms with Gasteiger partial charge in [0.05, 0.1) is 0 Å². The monoisotopic (exact) mass is 376 g/mol. The molecule has 0 atom stereocenters. The second-order valence-electron chi connectivity index (χ2n) is 5.43. The maximum atomic E-state index is 12.4. The molecule has 0 saturated carbocycles. The number of benzene rings is 1. The number of hydrogen-bond acceptors (Lipinski definition) is 4. The molecule has 0 aliphatic rings. The van der Waals surface area contributed by atoms with Crippen molar-refractivity contribution in [3.63, 3.8) is 0 Å². The van der Waals surface area contributed by atoms with Crippen LogP contribution in [0, 0.1) is 6.92 Å². The predicted octanol–water partition coefficient (Wildman–Crippen LogP) is 4.16. The van der Waals surface area contributed by atoms with Crippen LogP contribution in [0.4, 0.5) is 11.6 Å². The number of hydrogen-bond donors (Lipinski definition) is 1. The first-order valence-electron chi connectivity index (χ1n) is 7.63. The second kappa shape index (κ2) is 8.06. The Kier molecular flexibility index (Phi) is 6.10. The van der Waals surface area contributed by atoms with Gasteiger partial charge in [0.25, 0.3) is 5.91 Å². The molecule has 1 amide bonds. The second-order valence-corrected chi connectivity index (χ2v) is 6.35. The standard InChI is InChI=1S/C17H21BrN4O/c1-4-5-10-22(3)16(23)15-8-9-19-17(21-15)20-14-7-6-13(18)11-12(14)2/h6-9,11H,4-5,10H2,1-3H3,(H,19,20,21). The highest BCUT2D eigenvalue weighted by molar-refractivity contribution is 9.10. The molecule has 2 aromatic rings. The number of nitrogens with one attached hydrogen (secondary N) is 1. The molecule has 1 N–H and O–H groups in total. The minimum Gasteiger partial charge on any atom is -0.340 e. The van der Waals surface area contributed by atoms with Gasteiger partial charge in [-0.05, 0) is 43.2 Å². The van der Waals surface area contributed by atoms with Crippen LogP contribution in [0.3, 0.4) is 0 Å². The highest BCUT2D eigenvalue weighted by Gasteiger charge is 2.14. The molecule has 2 rings (SSSR count). The predicted molar refractivity (Wildman–Crippen MR) is 96.1 cm³/mol. The van der Waals surface area contributed by atoms with Crippen molar-refractivity contribution < 1.29 is 4.79 Å². The van der Waals surface area contributed by atoms with Crippen LogP contribution in [-0.4, -0.2) is 34.4 Å². The van der Waals surface area contributed by atoms with Crippen molar-refractivity contribution in [3.8, 4) is 0 Å². The van der Waals surface area contributed by atoms with E-state index in [0.29, 0.717) is 11.6 Å². The Balaban J connectivity index is 2.14. The summed E-state index contributed by atoms with van der Waals surface area (Å²) in [6.07, 6.45) is 3.64. The topological polar surface area (TPSA) is 58.1 Å². The third kappa shape index (κ3) is 4.76. The first-order valence-corrected chi connectivity index (χ1v) is 8.42. The van der Waals surface area contributed by atoms with Gasteiger partial charge in [0.15, 0.2) is 0 Å². The van der Waals surface area contributed by atoms with Gasteiger partial charge in [0.2, 0.25) is 5.95 Å². The van der Waals surface area contributed by atoms with Crippen LogP contribution in [0.5, 0.6) is 0 Å². The SMILES string of the molecule is CCCCN(C)C(=O)c1ccnc(Nc2ccc(Br)cc2C)n1. The van der Waals surface area contributed by atoms with E-state index in [2.05, 4.69) is 38.1 Å². The summed E-state index contributed by atoms with van der Waals surface area (Å²) < 4.78 is 1.02. The number of anilines is 2. The summed E-state index contributed by atoms with van der Waals surface area (Å²) in [4.78, 5) is 22.6. The van der Waals surface area contributed by atoms with E-state index in [4.69, 9.17) is 0 Å². The summed E-state index contributed by atoms with van der Waals surface area (Å²) in [7, 11) is 1.80. The van der Waals surface area contributed by atoms with E-state index in [-0.39, 0.29) is 5.91 Å². The van der Waals surface area contributed by atoms with Crippen molar-refractivity contribution >= 4 is 33.5 Å². The van der Waals surface area contributed by atoms with Gasteiger partial charge in [-0.15, -0.1) is 0 Å². The number of carbonyl (C=O) groups is 1. The Morgan fingerprint density at radius 3 is 2.83 bits per heavy atom. The van der Waals surface area contributed by atoms with Crippen molar-refractivity contribution in [1.82, 2.24) is 14.9 Å². The molecule has 1 aromatic carbocycles. The number of aryl methyl sites for hydroxylation is 1. The molecular weight excluding hydrogens is 356 g/mol. The first-order chi connectivity index (χ1) is 11.0. The van der Waals surface area contributed by atoms with Crippen LogP contribution in [0.25, 0.3) is 0 Å². The summed E-state index contributed by atoms with van der Waals surface area (Å²) in [5.41, 5.74) is 2.38. The fourth-order valence-electron chi connectivity index (χ4n) is 2.12. The van der Waals surface area contributed by atoms with E-state index in [1.807, 2.05) is 25.1 Å². The minimum atomic E-state index is -0.0866. The number of halogens is 1. The van der Waals surface area contributed by atoms with Crippen molar-refractivity contribution in [3.05, 3.63) is 46.2 Å². The highest BCUT2D eigenvalue weighted by atomic mass is 79.9. The Morgan fingerprint density at radius 2 is 2.13 bits per heavy atom. The summed E-state index contributed by atoms with van der Waals surface area (Å²) in [6, 6.07) is 7.55. The molecule has 0 aliphatic carbocycles. The molecule has 0 spiro atoms. The van der Waals surface area contributed by atoms with E-state index in [9.17, 15) is 4.79 Å². The van der Waals surface area contributed by atoms with E-state index in [0.717, 1.165) is 35.1 Å². The Hall–Kier alpha value is -1.95. The largest absolute Gasteiger partial charge is 0.340 e. The molecule has 1 heterocycles. The maximum Gasteiger partial charge on any atom is 0.272 e. The van der Waals surface area contributed by atoms with Gasteiger partial charge < -0.3 is 10.2 Å². The molecule has 122 valence electrons. The van der Waals surface area contributed by atoms with Gasteiger partial charge in [-0.25, -0.2) is 9.97 Å². The number of amides is 1. The van der Waals surface area contributed by atoms with Crippen molar-refractivity contribution in [2.75, 3.05) is 18.9 Å². The van der Waals surface area contributed by atoms with Gasteiger partial charge in [-0.3, -0.25) is 4.79 Å². The fraction of sp³-hybridized carbons (Fsp3) is 0.353. The lowest BCUT2D eigenvalue weighted by molar-refractivity contribution is 0.0787. The average molecular weight is 377 g/mol. The van der Waals surface area contributed by atoms with Crippen LogP contribution in [0.2, 0.25) is 0 Å². The van der Waals surface area contributed by atoms with Gasteiger partial charge >= 0.3 is 0 Å². The molecule has 0 unspecified atom stereocenters. The average Bonchev–Trinajstić information content (AvgIpc) is 2.55. The van der Waals surface area contributed by atoms with E-state index < -0.39 is 0 Å². The lowest BCUT2D eigenvalue weighted by atomic mass is 10.2. The summed E-state index contributed by atoms with van der Waals surface area (Å²) in [5, 5.41) is 3.16. The summed E-state index contributed by atoms with van der Waals surface area (Å²) >= 11 is 3.44. The fourth-order valence-corrected chi connectivity index (χ4v) is 2.59. The molecule has 0 saturated heterocycles. The molecule has 23 heavy (non-hydrogen) atoms. The van der Waals surface area contributed by atoms with Crippen LogP contribution in [-0.2, 0) is 0 Å². The lowest BCUT2D eigenvalue weighted by Crippen LogP contribution is -2.28. The Labute approximate surface area is 145 Å². The van der Waals surface area contributed by atoms with Crippen LogP contribution in [0.1, 0.15) is 35.8 Å². The van der Waals surface area contributed by atoms with Gasteiger partial charge in [0, 0.05) is 29.9 Å². The van der Waals surface area contributed by atoms with Gasteiger partial charge in [-0.1, -0.05) is 29.3 Å². The third-order valence-electron chi connectivity index (χ3n) is 3.50. The van der Waals surface area contributed by atoms with Gasteiger partial charge in [0.1, 0.15) is 5.69 Å². The quantitative estimate of drug-likeness (QED) is 0.821. The number of carbonyl (C=O) groups excluding carboxylic acids is 1. The highest BCUT2D eigenvalue weighted by Crippen LogP contribution is 2.22. The Morgan fingerprint density at radius 1 is 1.35 bits per heavy atom. The molecule has 6 heteroatoms. The third-order valence-corrected chi connectivity index (χ3v) is 4.00. The number of aromatic nitrogens is 2. The molecule has 0 fully saturated rings. The number of nitrogens with zero attached hydrogens (tertiary/aromatic N) is 3. The van der Waals surface area contributed by atoms with Crippen molar-refractivity contribution in [2.24, 2.45) is 0 Å². The van der Waals surface area contributed by atoms with Crippen molar-refractivity contribution in [1.29, 1.82) is 0 Å². The molecule has 0 aliphatic heterocycles. The zero-order chi connectivity index (χ0) is 16.8. The molecule has 0 radical (unpaired) electrons. The Bertz CT molecular complexity index is 690. The number of unbranched alkanes of at least 4 members (excludes halogenated alkanes) is 1.